The number of urea groups is 1. The van der Waals surface area contributed by atoms with Crippen molar-refractivity contribution in [3.05, 3.63) is 59.0 Å². The zero-order valence-corrected chi connectivity index (χ0v) is 18.2. The lowest BCUT2D eigenvalue weighted by Gasteiger charge is -2.17. The number of halogens is 6. The Balaban J connectivity index is 1.83. The SMILES string of the molecule is CC(NC(=O)NNC(=O)C(F)(F)F)c1ncc(-c2cc(Cl)cc(F)c2-c2ccn(C)n2)cc1F. The second kappa shape index (κ2) is 9.63. The van der Waals surface area contributed by atoms with Crippen molar-refractivity contribution in [3.8, 4) is 22.4 Å². The molecule has 0 aliphatic heterocycles. The average molecular weight is 503 g/mol. The predicted octanol–water partition coefficient (Wildman–Crippen LogP) is 4.03. The number of nitrogens with one attached hydrogen (secondary N) is 3. The molecule has 0 saturated heterocycles. The molecule has 2 heterocycles. The number of carbonyl (C=O) groups is 2. The van der Waals surface area contributed by atoms with E-state index in [4.69, 9.17) is 11.6 Å². The highest BCUT2D eigenvalue weighted by molar-refractivity contribution is 6.31. The topological polar surface area (TPSA) is 101 Å². The van der Waals surface area contributed by atoms with Gasteiger partial charge in [0.25, 0.3) is 0 Å². The fourth-order valence-electron chi connectivity index (χ4n) is 3.01. The van der Waals surface area contributed by atoms with Crippen LogP contribution in [-0.4, -0.2) is 32.9 Å². The minimum atomic E-state index is -5.20. The molecule has 1 aromatic carbocycles. The number of pyridine rings is 1. The van der Waals surface area contributed by atoms with Crippen LogP contribution in [0.25, 0.3) is 22.4 Å². The van der Waals surface area contributed by atoms with Crippen molar-refractivity contribution in [3.63, 3.8) is 0 Å². The second-order valence-corrected chi connectivity index (χ2v) is 7.48. The van der Waals surface area contributed by atoms with Crippen LogP contribution in [0.1, 0.15) is 18.7 Å². The van der Waals surface area contributed by atoms with Gasteiger partial charge in [-0.3, -0.25) is 19.9 Å². The van der Waals surface area contributed by atoms with Crippen molar-refractivity contribution < 1.29 is 31.5 Å². The summed E-state index contributed by atoms with van der Waals surface area (Å²) in [6.45, 7) is 1.31. The van der Waals surface area contributed by atoms with Gasteiger partial charge in [0, 0.05) is 35.6 Å². The Hall–Kier alpha value is -3.74. The lowest BCUT2D eigenvalue weighted by molar-refractivity contribution is -0.174. The monoisotopic (exact) mass is 502 g/mol. The average Bonchev–Trinajstić information content (AvgIpc) is 3.16. The van der Waals surface area contributed by atoms with E-state index < -0.39 is 35.8 Å². The summed E-state index contributed by atoms with van der Waals surface area (Å²) >= 11 is 5.99. The Morgan fingerprint density at radius 1 is 1.12 bits per heavy atom. The van der Waals surface area contributed by atoms with Crippen molar-refractivity contribution in [2.45, 2.75) is 19.1 Å². The normalized spacial score (nSPS) is 12.2. The Morgan fingerprint density at radius 3 is 2.41 bits per heavy atom. The molecule has 34 heavy (non-hydrogen) atoms. The lowest BCUT2D eigenvalue weighted by atomic mass is 9.97. The summed E-state index contributed by atoms with van der Waals surface area (Å²) < 4.78 is 67.5. The number of carbonyl (C=O) groups excluding carboxylic acids is 2. The molecule has 0 spiro atoms. The molecule has 180 valence electrons. The van der Waals surface area contributed by atoms with E-state index in [1.807, 2.05) is 0 Å². The third kappa shape index (κ3) is 5.60. The molecule has 1 unspecified atom stereocenters. The first-order valence-electron chi connectivity index (χ1n) is 9.45. The molecule has 2 aromatic heterocycles. The van der Waals surface area contributed by atoms with E-state index in [0.29, 0.717) is 0 Å². The molecule has 0 aliphatic rings. The quantitative estimate of drug-likeness (QED) is 0.370. The fourth-order valence-corrected chi connectivity index (χ4v) is 3.21. The van der Waals surface area contributed by atoms with E-state index in [1.165, 1.54) is 29.3 Å². The number of hydrogen-bond donors (Lipinski definition) is 3. The van der Waals surface area contributed by atoms with E-state index in [-0.39, 0.29) is 33.1 Å². The number of hydrazine groups is 1. The van der Waals surface area contributed by atoms with Crippen LogP contribution in [0.4, 0.5) is 26.7 Å². The third-order valence-electron chi connectivity index (χ3n) is 4.51. The number of nitrogens with zero attached hydrogens (tertiary/aromatic N) is 3. The summed E-state index contributed by atoms with van der Waals surface area (Å²) in [5.74, 6) is -3.96. The minimum Gasteiger partial charge on any atom is -0.329 e. The Kier molecular flexibility index (Phi) is 7.05. The number of aromatic nitrogens is 3. The van der Waals surface area contributed by atoms with Gasteiger partial charge < -0.3 is 5.32 Å². The largest absolute Gasteiger partial charge is 0.472 e. The van der Waals surface area contributed by atoms with Gasteiger partial charge in [0.15, 0.2) is 0 Å². The molecule has 1 atom stereocenters. The summed E-state index contributed by atoms with van der Waals surface area (Å²) in [6.07, 6.45) is -2.38. The maximum absolute atomic E-state index is 14.8. The van der Waals surface area contributed by atoms with Crippen LogP contribution < -0.4 is 16.2 Å². The molecule has 3 rings (SSSR count). The highest BCUT2D eigenvalue weighted by atomic mass is 35.5. The number of alkyl halides is 3. The van der Waals surface area contributed by atoms with Gasteiger partial charge in [-0.15, -0.1) is 0 Å². The first-order chi connectivity index (χ1) is 15.9. The van der Waals surface area contributed by atoms with Crippen molar-refractivity contribution >= 4 is 23.5 Å². The van der Waals surface area contributed by atoms with Crippen molar-refractivity contribution in [2.75, 3.05) is 0 Å². The second-order valence-electron chi connectivity index (χ2n) is 7.05. The molecule has 0 fully saturated rings. The van der Waals surface area contributed by atoms with Gasteiger partial charge in [-0.05, 0) is 36.8 Å². The maximum Gasteiger partial charge on any atom is 0.472 e. The number of hydrogen-bond acceptors (Lipinski definition) is 4. The van der Waals surface area contributed by atoms with E-state index >= 15 is 0 Å². The van der Waals surface area contributed by atoms with Gasteiger partial charge in [0.1, 0.15) is 11.6 Å². The minimum absolute atomic E-state index is 0.0595. The summed E-state index contributed by atoms with van der Waals surface area (Å²) in [6, 6.07) is 2.78. The van der Waals surface area contributed by atoms with Gasteiger partial charge in [-0.2, -0.15) is 18.3 Å². The van der Waals surface area contributed by atoms with E-state index in [9.17, 15) is 31.5 Å². The molecule has 3 N–H and O–H groups in total. The van der Waals surface area contributed by atoms with Crippen LogP contribution in [0.15, 0.2) is 36.7 Å². The molecule has 0 aliphatic carbocycles. The summed E-state index contributed by atoms with van der Waals surface area (Å²) in [4.78, 5) is 26.4. The number of aryl methyl sites for hydroxylation is 1. The van der Waals surface area contributed by atoms with E-state index in [0.717, 1.165) is 17.6 Å². The lowest BCUT2D eigenvalue weighted by Crippen LogP contribution is -2.51. The summed E-state index contributed by atoms with van der Waals surface area (Å²) in [5, 5.41) is 6.36. The molecular formula is C20H16ClF5N6O2. The van der Waals surface area contributed by atoms with Crippen LogP contribution in [0.5, 0.6) is 0 Å². The van der Waals surface area contributed by atoms with Crippen LogP contribution >= 0.6 is 11.6 Å². The molecule has 3 aromatic rings. The molecule has 3 amide bonds. The third-order valence-corrected chi connectivity index (χ3v) is 4.73. The van der Waals surface area contributed by atoms with Crippen molar-refractivity contribution in [2.24, 2.45) is 7.05 Å². The number of benzene rings is 1. The predicted molar refractivity (Wildman–Crippen MR) is 111 cm³/mol. The standard InChI is InChI=1S/C20H16ClF5N6O2/c1-9(28-19(34)30-29-18(33)20(24,25)26)17-14(23)5-10(8-27-17)12-6-11(21)7-13(22)16(12)15-3-4-32(2)31-15/h3-9H,1-2H3,(H,29,33)(H2,28,30,34). The van der Waals surface area contributed by atoms with Gasteiger partial charge in [0.05, 0.1) is 17.4 Å². The highest BCUT2D eigenvalue weighted by Gasteiger charge is 2.39. The summed E-state index contributed by atoms with van der Waals surface area (Å²) in [7, 11) is 1.64. The molecule has 14 heteroatoms. The molecule has 0 saturated carbocycles. The molecule has 0 radical (unpaired) electrons. The van der Waals surface area contributed by atoms with Gasteiger partial charge in [-0.25, -0.2) is 19.0 Å². The van der Waals surface area contributed by atoms with Gasteiger partial charge >= 0.3 is 18.1 Å². The van der Waals surface area contributed by atoms with Crippen LogP contribution in [0.3, 0.4) is 0 Å². The summed E-state index contributed by atoms with van der Waals surface area (Å²) in [5.41, 5.74) is 3.14. The number of rotatable bonds is 4. The van der Waals surface area contributed by atoms with E-state index in [2.05, 4.69) is 15.4 Å². The Bertz CT molecular complexity index is 1250. The van der Waals surface area contributed by atoms with Crippen molar-refractivity contribution in [1.82, 2.24) is 30.9 Å². The van der Waals surface area contributed by atoms with E-state index in [1.54, 1.807) is 19.3 Å². The highest BCUT2D eigenvalue weighted by Crippen LogP contribution is 2.36. The van der Waals surface area contributed by atoms with Gasteiger partial charge in [-0.1, -0.05) is 11.6 Å². The Labute approximate surface area is 194 Å². The zero-order chi connectivity index (χ0) is 25.2. The fraction of sp³-hybridized carbons (Fsp3) is 0.200. The number of amides is 3. The first kappa shape index (κ1) is 24.9. The van der Waals surface area contributed by atoms with Crippen LogP contribution in [-0.2, 0) is 11.8 Å². The van der Waals surface area contributed by atoms with Crippen LogP contribution in [0, 0.1) is 11.6 Å². The molecule has 8 nitrogen and oxygen atoms in total. The van der Waals surface area contributed by atoms with Gasteiger partial charge in [0.2, 0.25) is 0 Å². The van der Waals surface area contributed by atoms with Crippen molar-refractivity contribution in [1.29, 1.82) is 0 Å². The Morgan fingerprint density at radius 2 is 1.82 bits per heavy atom. The zero-order valence-electron chi connectivity index (χ0n) is 17.5. The smallest absolute Gasteiger partial charge is 0.329 e. The molecular weight excluding hydrogens is 487 g/mol. The maximum atomic E-state index is 14.8. The first-order valence-corrected chi connectivity index (χ1v) is 9.83. The van der Waals surface area contributed by atoms with Crippen LogP contribution in [0.2, 0.25) is 5.02 Å². The molecule has 0 bridgehead atoms.